The number of alkyl halides is 3. The maximum absolute atomic E-state index is 12.1. The molecule has 0 amide bonds. The molecule has 19 heavy (non-hydrogen) atoms. The SMILES string of the molecule is O=C(O)Cc1c([N+](=O)[O-])ncc(O)c1OC(F)(F)F. The largest absolute Gasteiger partial charge is 0.573 e. The zero-order valence-corrected chi connectivity index (χ0v) is 8.84. The molecule has 0 fully saturated rings. The van der Waals surface area contributed by atoms with Crippen LogP contribution in [-0.2, 0) is 11.2 Å². The molecule has 0 radical (unpaired) electrons. The third kappa shape index (κ3) is 3.69. The fourth-order valence-corrected chi connectivity index (χ4v) is 1.21. The summed E-state index contributed by atoms with van der Waals surface area (Å²) in [6.07, 6.45) is -6.05. The number of nitrogens with zero attached hydrogens (tertiary/aromatic N) is 2. The summed E-state index contributed by atoms with van der Waals surface area (Å²) in [5.74, 6) is -5.29. The summed E-state index contributed by atoms with van der Waals surface area (Å²) in [5.41, 5.74) is -0.977. The van der Waals surface area contributed by atoms with Gasteiger partial charge < -0.3 is 25.1 Å². The van der Waals surface area contributed by atoms with Gasteiger partial charge in [0.2, 0.25) is 5.75 Å². The van der Waals surface area contributed by atoms with E-state index in [9.17, 15) is 33.2 Å². The van der Waals surface area contributed by atoms with E-state index in [0.717, 1.165) is 0 Å². The highest BCUT2D eigenvalue weighted by atomic mass is 19.4. The van der Waals surface area contributed by atoms with E-state index in [-0.39, 0.29) is 0 Å². The van der Waals surface area contributed by atoms with Crippen LogP contribution in [0.2, 0.25) is 0 Å². The van der Waals surface area contributed by atoms with Crippen molar-refractivity contribution in [3.63, 3.8) is 0 Å². The average Bonchev–Trinajstić information content (AvgIpc) is 2.20. The fraction of sp³-hybridized carbons (Fsp3) is 0.250. The van der Waals surface area contributed by atoms with Crippen LogP contribution in [0.1, 0.15) is 5.56 Å². The minimum atomic E-state index is -5.25. The molecule has 1 heterocycles. The van der Waals surface area contributed by atoms with E-state index in [1.165, 1.54) is 0 Å². The van der Waals surface area contributed by atoms with Crippen molar-refractivity contribution in [1.29, 1.82) is 0 Å². The molecule has 0 aliphatic rings. The standard InChI is InChI=1S/C8H5F3N2O6/c9-8(10,11)19-6-3(1-5(15)16)7(13(17)18)12-2-4(6)14/h2,14H,1H2,(H,15,16). The molecule has 0 bridgehead atoms. The monoisotopic (exact) mass is 282 g/mol. The van der Waals surface area contributed by atoms with Gasteiger partial charge in [-0.25, -0.2) is 0 Å². The van der Waals surface area contributed by atoms with Crippen LogP contribution in [-0.4, -0.2) is 32.5 Å². The third-order valence-corrected chi connectivity index (χ3v) is 1.80. The van der Waals surface area contributed by atoms with Crippen LogP contribution < -0.4 is 4.74 Å². The summed E-state index contributed by atoms with van der Waals surface area (Å²) in [7, 11) is 0. The van der Waals surface area contributed by atoms with Crippen molar-refractivity contribution in [2.45, 2.75) is 12.8 Å². The van der Waals surface area contributed by atoms with E-state index in [2.05, 4.69) is 9.72 Å². The lowest BCUT2D eigenvalue weighted by atomic mass is 10.1. The van der Waals surface area contributed by atoms with E-state index < -0.39 is 46.6 Å². The number of hydrogen-bond donors (Lipinski definition) is 2. The maximum Gasteiger partial charge on any atom is 0.573 e. The molecule has 2 N–H and O–H groups in total. The van der Waals surface area contributed by atoms with E-state index in [1.54, 1.807) is 0 Å². The summed E-state index contributed by atoms with van der Waals surface area (Å²) >= 11 is 0. The molecule has 0 saturated carbocycles. The molecule has 1 aromatic heterocycles. The highest BCUT2D eigenvalue weighted by molar-refractivity contribution is 5.74. The van der Waals surface area contributed by atoms with Gasteiger partial charge in [0.1, 0.15) is 5.56 Å². The number of aromatic nitrogens is 1. The number of aliphatic carboxylic acids is 1. The maximum atomic E-state index is 12.1. The predicted molar refractivity (Wildman–Crippen MR) is 50.6 cm³/mol. The van der Waals surface area contributed by atoms with Crippen LogP contribution in [0.4, 0.5) is 19.0 Å². The number of hydrogen-bond acceptors (Lipinski definition) is 6. The smallest absolute Gasteiger partial charge is 0.502 e. The predicted octanol–water partition coefficient (Wildman–Crippen LogP) is 1.22. The molecule has 0 aliphatic carbocycles. The minimum Gasteiger partial charge on any atom is -0.502 e. The van der Waals surface area contributed by atoms with Crippen molar-refractivity contribution in [2.75, 3.05) is 0 Å². The van der Waals surface area contributed by atoms with Gasteiger partial charge in [-0.2, -0.15) is 0 Å². The first-order valence-corrected chi connectivity index (χ1v) is 4.44. The molecule has 1 rings (SSSR count). The topological polar surface area (TPSA) is 123 Å². The highest BCUT2D eigenvalue weighted by Crippen LogP contribution is 2.38. The molecular weight excluding hydrogens is 277 g/mol. The summed E-state index contributed by atoms with van der Waals surface area (Å²) in [6.45, 7) is 0. The Morgan fingerprint density at radius 2 is 2.11 bits per heavy atom. The third-order valence-electron chi connectivity index (χ3n) is 1.80. The van der Waals surface area contributed by atoms with Crippen LogP contribution in [0.15, 0.2) is 6.20 Å². The lowest BCUT2D eigenvalue weighted by molar-refractivity contribution is -0.390. The Kier molecular flexibility index (Phi) is 3.77. The van der Waals surface area contributed by atoms with E-state index in [0.29, 0.717) is 6.20 Å². The van der Waals surface area contributed by atoms with Gasteiger partial charge in [0.15, 0.2) is 11.9 Å². The summed E-state index contributed by atoms with van der Waals surface area (Å²) in [6, 6.07) is 0. The number of ether oxygens (including phenoxy) is 1. The quantitative estimate of drug-likeness (QED) is 0.628. The Bertz CT molecular complexity index is 530. The lowest BCUT2D eigenvalue weighted by Gasteiger charge is -2.12. The second-order valence-corrected chi connectivity index (χ2v) is 3.15. The molecule has 8 nitrogen and oxygen atoms in total. The fourth-order valence-electron chi connectivity index (χ4n) is 1.21. The van der Waals surface area contributed by atoms with E-state index >= 15 is 0 Å². The number of pyridine rings is 1. The van der Waals surface area contributed by atoms with Gasteiger partial charge in [0.25, 0.3) is 0 Å². The first-order chi connectivity index (χ1) is 8.61. The first-order valence-electron chi connectivity index (χ1n) is 4.44. The Balaban J connectivity index is 3.43. The van der Waals surface area contributed by atoms with Gasteiger partial charge >= 0.3 is 18.1 Å². The lowest BCUT2D eigenvalue weighted by Crippen LogP contribution is -2.19. The number of carboxylic acid groups (broad SMARTS) is 1. The molecule has 0 atom stereocenters. The number of nitro groups is 1. The minimum absolute atomic E-state index is 0.366. The molecule has 1 aromatic rings. The van der Waals surface area contributed by atoms with E-state index in [4.69, 9.17) is 5.11 Å². The molecule has 0 saturated heterocycles. The molecule has 0 spiro atoms. The molecular formula is C8H5F3N2O6. The van der Waals surface area contributed by atoms with Crippen LogP contribution in [0.25, 0.3) is 0 Å². The number of carboxylic acids is 1. The van der Waals surface area contributed by atoms with Gasteiger partial charge in [-0.15, -0.1) is 13.2 Å². The number of aromatic hydroxyl groups is 1. The van der Waals surface area contributed by atoms with Crippen molar-refractivity contribution in [1.82, 2.24) is 4.98 Å². The summed E-state index contributed by atoms with van der Waals surface area (Å²) in [5, 5.41) is 28.3. The molecule has 0 aliphatic heterocycles. The zero-order chi connectivity index (χ0) is 14.8. The molecule has 0 unspecified atom stereocenters. The molecule has 104 valence electrons. The molecule has 0 aromatic carbocycles. The second kappa shape index (κ2) is 4.96. The van der Waals surface area contributed by atoms with Crippen LogP contribution >= 0.6 is 0 Å². The van der Waals surface area contributed by atoms with Crippen molar-refractivity contribution < 1.29 is 37.8 Å². The van der Waals surface area contributed by atoms with Gasteiger partial charge in [0, 0.05) is 0 Å². The highest BCUT2D eigenvalue weighted by Gasteiger charge is 2.37. The van der Waals surface area contributed by atoms with Gasteiger partial charge in [0.05, 0.1) is 6.42 Å². The first kappa shape index (κ1) is 14.5. The Morgan fingerprint density at radius 1 is 1.53 bits per heavy atom. The Hall–Kier alpha value is -2.59. The normalized spacial score (nSPS) is 11.1. The van der Waals surface area contributed by atoms with Crippen molar-refractivity contribution in [3.8, 4) is 11.5 Å². The summed E-state index contributed by atoms with van der Waals surface area (Å²) in [4.78, 5) is 22.9. The van der Waals surface area contributed by atoms with Crippen molar-refractivity contribution in [2.24, 2.45) is 0 Å². The second-order valence-electron chi connectivity index (χ2n) is 3.15. The van der Waals surface area contributed by atoms with Gasteiger partial charge in [-0.1, -0.05) is 0 Å². The number of carbonyl (C=O) groups is 1. The number of rotatable bonds is 4. The number of halogens is 3. The van der Waals surface area contributed by atoms with Gasteiger partial charge in [-0.3, -0.25) is 4.79 Å². The van der Waals surface area contributed by atoms with Gasteiger partial charge in [-0.05, 0) is 9.91 Å². The van der Waals surface area contributed by atoms with Crippen LogP contribution in [0.5, 0.6) is 11.5 Å². The Labute approximate surface area is 102 Å². The van der Waals surface area contributed by atoms with E-state index in [1.807, 2.05) is 0 Å². The van der Waals surface area contributed by atoms with Crippen molar-refractivity contribution in [3.05, 3.63) is 21.9 Å². The summed E-state index contributed by atoms with van der Waals surface area (Å²) < 4.78 is 39.7. The zero-order valence-electron chi connectivity index (χ0n) is 8.84. The van der Waals surface area contributed by atoms with Crippen molar-refractivity contribution >= 4 is 11.8 Å². The van der Waals surface area contributed by atoms with Crippen LogP contribution in [0, 0.1) is 10.1 Å². The average molecular weight is 282 g/mol. The van der Waals surface area contributed by atoms with Crippen LogP contribution in [0.3, 0.4) is 0 Å². The Morgan fingerprint density at radius 3 is 2.53 bits per heavy atom. The molecule has 11 heteroatoms.